The summed E-state index contributed by atoms with van der Waals surface area (Å²) in [5.41, 5.74) is -0.558. The molecule has 178 valence electrons. The average molecular weight is 456 g/mol. The number of nitrogens with one attached hydrogen (secondary N) is 1. The minimum absolute atomic E-state index is 0.192. The van der Waals surface area contributed by atoms with Crippen LogP contribution in [0.25, 0.3) is 11.0 Å². The number of fused-ring (bicyclic) bond motifs is 1. The highest BCUT2D eigenvalue weighted by Crippen LogP contribution is 2.40. The Morgan fingerprint density at radius 3 is 2.66 bits per heavy atom. The fourth-order valence-electron chi connectivity index (χ4n) is 5.10. The van der Waals surface area contributed by atoms with E-state index in [4.69, 9.17) is 0 Å². The molecule has 2 atom stereocenters. The van der Waals surface area contributed by atoms with Crippen molar-refractivity contribution in [2.45, 2.75) is 63.5 Å². The van der Waals surface area contributed by atoms with Crippen molar-refractivity contribution in [1.82, 2.24) is 19.9 Å². The Labute approximate surface area is 185 Å². The molecule has 0 radical (unpaired) electrons. The summed E-state index contributed by atoms with van der Waals surface area (Å²) in [6.07, 6.45) is 0.321. The van der Waals surface area contributed by atoms with Crippen molar-refractivity contribution in [2.24, 2.45) is 11.8 Å². The number of β-amino-alcohol motifs (C(OH)–C–C–N with tert-alkyl or cyclic N) is 1. The summed E-state index contributed by atoms with van der Waals surface area (Å²) in [5.74, 6) is -0.219. The third-order valence-corrected chi connectivity index (χ3v) is 7.14. The van der Waals surface area contributed by atoms with Gasteiger partial charge in [0.05, 0.1) is 24.0 Å². The van der Waals surface area contributed by atoms with Gasteiger partial charge in [-0.1, -0.05) is 0 Å². The third kappa shape index (κ3) is 4.72. The minimum Gasteiger partial charge on any atom is -0.389 e. The maximum Gasteiger partial charge on any atom is 0.391 e. The summed E-state index contributed by atoms with van der Waals surface area (Å²) >= 11 is 0. The first-order chi connectivity index (χ1) is 15.2. The molecule has 32 heavy (non-hydrogen) atoms. The first kappa shape index (κ1) is 23.3. The zero-order chi connectivity index (χ0) is 22.9. The zero-order valence-electron chi connectivity index (χ0n) is 18.4. The Hall–Kier alpha value is -1.91. The quantitative estimate of drug-likeness (QED) is 0.621. The molecular weight excluding hydrogens is 423 g/mol. The van der Waals surface area contributed by atoms with E-state index in [2.05, 4.69) is 20.2 Å². The van der Waals surface area contributed by atoms with Gasteiger partial charge < -0.3 is 25.0 Å². The van der Waals surface area contributed by atoms with Crippen molar-refractivity contribution < 1.29 is 23.4 Å². The van der Waals surface area contributed by atoms with Crippen LogP contribution in [0, 0.1) is 11.8 Å². The molecule has 10 heteroatoms. The lowest BCUT2D eigenvalue weighted by molar-refractivity contribution is -0.183. The summed E-state index contributed by atoms with van der Waals surface area (Å²) in [4.78, 5) is 11.0. The fourth-order valence-corrected chi connectivity index (χ4v) is 5.10. The van der Waals surface area contributed by atoms with Crippen LogP contribution < -0.4 is 10.2 Å². The Bertz CT molecular complexity index is 913. The summed E-state index contributed by atoms with van der Waals surface area (Å²) in [6.45, 7) is 4.56. The summed E-state index contributed by atoms with van der Waals surface area (Å²) < 4.78 is 40.8. The molecule has 3 heterocycles. The lowest BCUT2D eigenvalue weighted by atomic mass is 9.81. The second kappa shape index (κ2) is 9.15. The molecule has 2 aromatic rings. The van der Waals surface area contributed by atoms with Gasteiger partial charge in [0, 0.05) is 25.8 Å². The molecule has 0 amide bonds. The van der Waals surface area contributed by atoms with Gasteiger partial charge in [0.15, 0.2) is 0 Å². The van der Waals surface area contributed by atoms with E-state index in [0.717, 1.165) is 11.2 Å². The standard InChI is InChI=1S/C22H32F3N5O2/c1-2-29(12-15-3-5-16(6-4-15)22(23,24)25)19-17-7-10-30(20(17)28-14-27-19)13-21(32)8-9-26-11-18(21)31/h7,10,14-16,18,26,31-32H,2-6,8-9,11-13H2,1H3/t15?,16?,18-,21-/m1/s1. The highest BCUT2D eigenvalue weighted by molar-refractivity contribution is 5.87. The van der Waals surface area contributed by atoms with Gasteiger partial charge in [-0.05, 0) is 57.6 Å². The number of halogens is 3. The van der Waals surface area contributed by atoms with Gasteiger partial charge in [-0.3, -0.25) is 0 Å². The van der Waals surface area contributed by atoms with Crippen LogP contribution in [-0.2, 0) is 6.54 Å². The van der Waals surface area contributed by atoms with E-state index in [9.17, 15) is 23.4 Å². The van der Waals surface area contributed by atoms with Gasteiger partial charge in [0.25, 0.3) is 0 Å². The lowest BCUT2D eigenvalue weighted by Crippen LogP contribution is -2.56. The number of hydrogen-bond acceptors (Lipinski definition) is 6. The van der Waals surface area contributed by atoms with Crippen molar-refractivity contribution in [2.75, 3.05) is 31.1 Å². The van der Waals surface area contributed by atoms with Gasteiger partial charge in [-0.15, -0.1) is 0 Å². The van der Waals surface area contributed by atoms with Gasteiger partial charge in [0.1, 0.15) is 23.4 Å². The van der Waals surface area contributed by atoms with E-state index in [1.807, 2.05) is 23.8 Å². The number of aliphatic hydroxyl groups is 2. The average Bonchev–Trinajstić information content (AvgIpc) is 3.17. The third-order valence-electron chi connectivity index (χ3n) is 7.14. The lowest BCUT2D eigenvalue weighted by Gasteiger charge is -2.37. The number of hydrogen-bond donors (Lipinski definition) is 3. The molecule has 3 N–H and O–H groups in total. The normalized spacial score (nSPS) is 29.4. The van der Waals surface area contributed by atoms with Crippen molar-refractivity contribution in [3.8, 4) is 0 Å². The number of anilines is 1. The Morgan fingerprint density at radius 2 is 2.00 bits per heavy atom. The topological polar surface area (TPSA) is 86.4 Å². The summed E-state index contributed by atoms with van der Waals surface area (Å²) in [7, 11) is 0. The number of rotatable bonds is 6. The Balaban J connectivity index is 1.50. The van der Waals surface area contributed by atoms with E-state index < -0.39 is 23.8 Å². The van der Waals surface area contributed by atoms with Crippen molar-refractivity contribution >= 4 is 16.9 Å². The van der Waals surface area contributed by atoms with E-state index in [0.29, 0.717) is 51.1 Å². The number of alkyl halides is 3. The maximum absolute atomic E-state index is 13.0. The maximum atomic E-state index is 13.0. The first-order valence-corrected chi connectivity index (χ1v) is 11.4. The predicted octanol–water partition coefficient (Wildman–Crippen LogP) is 2.71. The molecule has 0 spiro atoms. The van der Waals surface area contributed by atoms with Crippen LogP contribution in [0.5, 0.6) is 0 Å². The molecule has 0 bridgehead atoms. The van der Waals surface area contributed by atoms with Crippen LogP contribution in [-0.4, -0.2) is 68.8 Å². The number of piperidine rings is 1. The Morgan fingerprint density at radius 1 is 1.25 bits per heavy atom. The van der Waals surface area contributed by atoms with Crippen molar-refractivity contribution in [3.05, 3.63) is 18.6 Å². The smallest absolute Gasteiger partial charge is 0.389 e. The second-order valence-electron chi connectivity index (χ2n) is 9.25. The predicted molar refractivity (Wildman–Crippen MR) is 115 cm³/mol. The molecule has 2 aromatic heterocycles. The highest BCUT2D eigenvalue weighted by atomic mass is 19.4. The number of nitrogens with zero attached hydrogens (tertiary/aromatic N) is 4. The first-order valence-electron chi connectivity index (χ1n) is 11.4. The molecule has 1 aliphatic carbocycles. The number of aromatic nitrogens is 3. The largest absolute Gasteiger partial charge is 0.391 e. The molecule has 1 aliphatic heterocycles. The molecule has 7 nitrogen and oxygen atoms in total. The molecule has 1 saturated heterocycles. The van der Waals surface area contributed by atoms with Gasteiger partial charge in [-0.25, -0.2) is 9.97 Å². The zero-order valence-corrected chi connectivity index (χ0v) is 18.4. The molecule has 2 aliphatic rings. The molecular formula is C22H32F3N5O2. The van der Waals surface area contributed by atoms with Crippen molar-refractivity contribution in [3.63, 3.8) is 0 Å². The van der Waals surface area contributed by atoms with Gasteiger partial charge >= 0.3 is 6.18 Å². The molecule has 0 aromatic carbocycles. The summed E-state index contributed by atoms with van der Waals surface area (Å²) in [5, 5.41) is 25.2. The van der Waals surface area contributed by atoms with E-state index in [1.54, 1.807) is 0 Å². The highest BCUT2D eigenvalue weighted by Gasteiger charge is 2.42. The molecule has 4 rings (SSSR count). The second-order valence-corrected chi connectivity index (χ2v) is 9.25. The van der Waals surface area contributed by atoms with Gasteiger partial charge in [-0.2, -0.15) is 13.2 Å². The SMILES string of the molecule is CCN(CC1CCC(C(F)(F)F)CC1)c1ncnc2c1ccn2C[C@]1(O)CCNC[C@H]1O. The van der Waals surface area contributed by atoms with E-state index in [-0.39, 0.29) is 25.3 Å². The van der Waals surface area contributed by atoms with Crippen LogP contribution in [0.4, 0.5) is 19.0 Å². The van der Waals surface area contributed by atoms with Crippen LogP contribution in [0.15, 0.2) is 18.6 Å². The molecule has 0 unspecified atom stereocenters. The monoisotopic (exact) mass is 455 g/mol. The minimum atomic E-state index is -4.09. The molecule has 2 fully saturated rings. The van der Waals surface area contributed by atoms with Crippen LogP contribution in [0.3, 0.4) is 0 Å². The molecule has 1 saturated carbocycles. The van der Waals surface area contributed by atoms with Crippen LogP contribution in [0.2, 0.25) is 0 Å². The Kier molecular flexibility index (Phi) is 6.65. The van der Waals surface area contributed by atoms with Crippen molar-refractivity contribution in [1.29, 1.82) is 0 Å². The summed E-state index contributed by atoms with van der Waals surface area (Å²) in [6, 6.07) is 1.91. The van der Waals surface area contributed by atoms with E-state index >= 15 is 0 Å². The number of aliphatic hydroxyl groups excluding tert-OH is 1. The van der Waals surface area contributed by atoms with Gasteiger partial charge in [0.2, 0.25) is 0 Å². The van der Waals surface area contributed by atoms with E-state index in [1.165, 1.54) is 6.33 Å². The van der Waals surface area contributed by atoms with Crippen LogP contribution >= 0.6 is 0 Å². The van der Waals surface area contributed by atoms with Crippen LogP contribution in [0.1, 0.15) is 39.0 Å². The fraction of sp³-hybridized carbons (Fsp3) is 0.727.